The molecule has 8 heteroatoms. The van der Waals surface area contributed by atoms with E-state index in [4.69, 9.17) is 16.3 Å². The van der Waals surface area contributed by atoms with Crippen molar-refractivity contribution in [1.29, 1.82) is 0 Å². The minimum atomic E-state index is -0.551. The van der Waals surface area contributed by atoms with Crippen molar-refractivity contribution in [3.8, 4) is 5.75 Å². The van der Waals surface area contributed by atoms with Gasteiger partial charge in [-0.2, -0.15) is 5.10 Å². The van der Waals surface area contributed by atoms with E-state index in [9.17, 15) is 9.18 Å². The average Bonchev–Trinajstić information content (AvgIpc) is 3.30. The predicted octanol–water partition coefficient (Wildman–Crippen LogP) is 6.38. The molecule has 2 N–H and O–H groups in total. The van der Waals surface area contributed by atoms with E-state index in [1.165, 1.54) is 12.3 Å². The number of amides is 1. The third-order valence-corrected chi connectivity index (χ3v) is 5.94. The largest absolute Gasteiger partial charge is 0.494 e. The van der Waals surface area contributed by atoms with E-state index in [2.05, 4.69) is 15.7 Å². The molecule has 0 saturated carbocycles. The lowest BCUT2D eigenvalue weighted by molar-refractivity contribution is 0.102. The maximum Gasteiger partial charge on any atom is 0.261 e. The van der Waals surface area contributed by atoms with Gasteiger partial charge in [-0.3, -0.25) is 4.79 Å². The molecule has 1 aliphatic heterocycles. The van der Waals surface area contributed by atoms with Crippen molar-refractivity contribution < 1.29 is 13.9 Å². The molecule has 1 aliphatic rings. The number of allylic oxidation sites excluding steroid dienone is 1. The molecule has 6 nitrogen and oxygen atoms in total. The summed E-state index contributed by atoms with van der Waals surface area (Å²) >= 11 is 6.07. The molecule has 1 amide bonds. The van der Waals surface area contributed by atoms with Crippen molar-refractivity contribution >= 4 is 34.7 Å². The lowest BCUT2D eigenvalue weighted by Crippen LogP contribution is -2.22. The van der Waals surface area contributed by atoms with Crippen LogP contribution in [0.3, 0.4) is 0 Å². The molecule has 0 saturated heterocycles. The third-order valence-electron chi connectivity index (χ3n) is 5.68. The highest BCUT2D eigenvalue weighted by atomic mass is 35.5. The van der Waals surface area contributed by atoms with Gasteiger partial charge in [-0.1, -0.05) is 41.9 Å². The van der Waals surface area contributed by atoms with E-state index in [-0.39, 0.29) is 11.7 Å². The van der Waals surface area contributed by atoms with Crippen LogP contribution in [0.4, 0.5) is 15.9 Å². The van der Waals surface area contributed by atoms with Crippen molar-refractivity contribution in [3.05, 3.63) is 113 Å². The fraction of sp³-hybridized carbons (Fsp3) is 0.111. The maximum atomic E-state index is 14.8. The van der Waals surface area contributed by atoms with Gasteiger partial charge in [0.05, 0.1) is 12.8 Å². The molecule has 2 heterocycles. The number of nitrogens with one attached hydrogen (secondary N) is 2. The summed E-state index contributed by atoms with van der Waals surface area (Å²) in [7, 11) is 0. The molecule has 1 aromatic heterocycles. The van der Waals surface area contributed by atoms with Crippen LogP contribution in [0.25, 0.3) is 5.70 Å². The van der Waals surface area contributed by atoms with Crippen molar-refractivity contribution in [1.82, 2.24) is 9.78 Å². The molecule has 0 fully saturated rings. The second-order valence-electron chi connectivity index (χ2n) is 7.94. The van der Waals surface area contributed by atoms with Gasteiger partial charge in [0.15, 0.2) is 0 Å². The first kappa shape index (κ1) is 22.7. The summed E-state index contributed by atoms with van der Waals surface area (Å²) in [5.74, 6) is 0.496. The fourth-order valence-corrected chi connectivity index (χ4v) is 4.12. The van der Waals surface area contributed by atoms with Gasteiger partial charge in [0.2, 0.25) is 0 Å². The fourth-order valence-electron chi connectivity index (χ4n) is 4.00. The molecule has 0 radical (unpaired) electrons. The topological polar surface area (TPSA) is 68.2 Å². The van der Waals surface area contributed by atoms with Gasteiger partial charge < -0.3 is 15.4 Å². The Morgan fingerprint density at radius 3 is 2.57 bits per heavy atom. The number of hydrogen-bond acceptors (Lipinski definition) is 4. The van der Waals surface area contributed by atoms with E-state index in [1.807, 2.05) is 25.1 Å². The normalized spacial score (nSPS) is 14.5. The molecule has 3 aromatic carbocycles. The van der Waals surface area contributed by atoms with Crippen molar-refractivity contribution in [2.75, 3.05) is 17.2 Å². The number of halogens is 2. The molecule has 0 bridgehead atoms. The number of aromatic nitrogens is 2. The quantitative estimate of drug-likeness (QED) is 0.330. The predicted molar refractivity (Wildman–Crippen MR) is 135 cm³/mol. The zero-order valence-corrected chi connectivity index (χ0v) is 19.6. The van der Waals surface area contributed by atoms with Crippen LogP contribution < -0.4 is 15.4 Å². The zero-order chi connectivity index (χ0) is 24.4. The smallest absolute Gasteiger partial charge is 0.261 e. The highest BCUT2D eigenvalue weighted by molar-refractivity contribution is 6.30. The highest BCUT2D eigenvalue weighted by Gasteiger charge is 2.29. The summed E-state index contributed by atoms with van der Waals surface area (Å²) in [4.78, 5) is 13.2. The van der Waals surface area contributed by atoms with Crippen LogP contribution in [-0.2, 0) is 0 Å². The number of benzene rings is 3. The Morgan fingerprint density at radius 1 is 1.11 bits per heavy atom. The Bertz CT molecular complexity index is 1400. The van der Waals surface area contributed by atoms with E-state index >= 15 is 0 Å². The second-order valence-corrected chi connectivity index (χ2v) is 8.38. The number of fused-ring (bicyclic) bond motifs is 1. The molecule has 4 aromatic rings. The average molecular weight is 489 g/mol. The molecular weight excluding hydrogens is 467 g/mol. The van der Waals surface area contributed by atoms with Crippen LogP contribution >= 0.6 is 11.6 Å². The number of nitrogens with zero attached hydrogens (tertiary/aromatic N) is 2. The first-order valence-corrected chi connectivity index (χ1v) is 11.5. The summed E-state index contributed by atoms with van der Waals surface area (Å²) in [6.45, 7) is 2.47. The van der Waals surface area contributed by atoms with Crippen LogP contribution in [0.15, 0.2) is 85.1 Å². The Kier molecular flexibility index (Phi) is 6.25. The number of carbonyl (C=O) groups excluding carboxylic acids is 1. The summed E-state index contributed by atoms with van der Waals surface area (Å²) in [5, 5.41) is 11.2. The summed E-state index contributed by atoms with van der Waals surface area (Å²) in [6.07, 6.45) is 3.37. The monoisotopic (exact) mass is 488 g/mol. The van der Waals surface area contributed by atoms with E-state index in [0.717, 1.165) is 17.0 Å². The maximum absolute atomic E-state index is 14.8. The molecule has 5 rings (SSSR count). The summed E-state index contributed by atoms with van der Waals surface area (Å²) in [6, 6.07) is 20.4. The van der Waals surface area contributed by atoms with Gasteiger partial charge >= 0.3 is 0 Å². The van der Waals surface area contributed by atoms with Crippen LogP contribution in [0.1, 0.15) is 34.5 Å². The van der Waals surface area contributed by atoms with Gasteiger partial charge in [-0.25, -0.2) is 9.07 Å². The molecule has 0 spiro atoms. The van der Waals surface area contributed by atoms with Crippen LogP contribution in [-0.4, -0.2) is 22.3 Å². The van der Waals surface area contributed by atoms with Gasteiger partial charge in [0.1, 0.15) is 29.0 Å². The molecule has 35 heavy (non-hydrogen) atoms. The molecule has 1 atom stereocenters. The Hall–Kier alpha value is -4.10. The Balaban J connectivity index is 1.51. The number of anilines is 2. The SMILES string of the molecule is CCOc1ccc(NC(=O)c2cnn3c2NC(c2ccc(Cl)cc2)=C[C@@H]3c2ccccc2F)cc1. The molecule has 0 unspecified atom stereocenters. The highest BCUT2D eigenvalue weighted by Crippen LogP contribution is 2.36. The third kappa shape index (κ3) is 4.63. The Labute approximate surface area is 207 Å². The number of carbonyl (C=O) groups is 1. The van der Waals surface area contributed by atoms with Crippen molar-refractivity contribution in [2.24, 2.45) is 0 Å². The molecule has 0 aliphatic carbocycles. The summed E-state index contributed by atoms with van der Waals surface area (Å²) < 4.78 is 21.9. The lowest BCUT2D eigenvalue weighted by atomic mass is 10.0. The lowest BCUT2D eigenvalue weighted by Gasteiger charge is -2.26. The zero-order valence-electron chi connectivity index (χ0n) is 18.8. The van der Waals surface area contributed by atoms with Crippen LogP contribution in [0, 0.1) is 5.82 Å². The van der Waals surface area contributed by atoms with Gasteiger partial charge in [-0.05, 0) is 61.0 Å². The first-order valence-electron chi connectivity index (χ1n) is 11.1. The van der Waals surface area contributed by atoms with Crippen LogP contribution in [0.2, 0.25) is 5.02 Å². The van der Waals surface area contributed by atoms with Gasteiger partial charge in [0.25, 0.3) is 5.91 Å². The minimum absolute atomic E-state index is 0.333. The van der Waals surface area contributed by atoms with Crippen molar-refractivity contribution in [2.45, 2.75) is 13.0 Å². The first-order chi connectivity index (χ1) is 17.0. The number of ether oxygens (including phenoxy) is 1. The van der Waals surface area contributed by atoms with Crippen molar-refractivity contribution in [3.63, 3.8) is 0 Å². The minimum Gasteiger partial charge on any atom is -0.494 e. The summed E-state index contributed by atoms with van der Waals surface area (Å²) in [5.41, 5.74) is 2.97. The molecule has 176 valence electrons. The number of rotatable bonds is 6. The van der Waals surface area contributed by atoms with Gasteiger partial charge in [-0.15, -0.1) is 0 Å². The van der Waals surface area contributed by atoms with E-state index < -0.39 is 6.04 Å². The van der Waals surface area contributed by atoms with E-state index in [1.54, 1.807) is 59.3 Å². The molecular formula is C27H22ClFN4O2. The number of hydrogen-bond donors (Lipinski definition) is 2. The Morgan fingerprint density at radius 2 is 1.86 bits per heavy atom. The van der Waals surface area contributed by atoms with E-state index in [0.29, 0.717) is 34.3 Å². The van der Waals surface area contributed by atoms with Gasteiger partial charge in [0, 0.05) is 22.0 Å². The second kappa shape index (κ2) is 9.64. The van der Waals surface area contributed by atoms with Crippen LogP contribution in [0.5, 0.6) is 5.75 Å². The standard InChI is InChI=1S/C27H22ClFN4O2/c1-2-35-20-13-11-19(12-14-20)31-27(34)22-16-30-33-25(21-5-3-4-6-23(21)29)15-24(32-26(22)33)17-7-9-18(28)10-8-17/h3-16,25,32H,2H2,1H3,(H,31,34)/t25-/m1/s1.